The fourth-order valence-corrected chi connectivity index (χ4v) is 3.87. The molecule has 0 amide bonds. The summed E-state index contributed by atoms with van der Waals surface area (Å²) in [7, 11) is -2.54. The third-order valence-electron chi connectivity index (χ3n) is 4.09. The Hall–Kier alpha value is -3.44. The van der Waals surface area contributed by atoms with E-state index in [4.69, 9.17) is 4.74 Å². The van der Waals surface area contributed by atoms with Gasteiger partial charge in [-0.2, -0.15) is 5.10 Å². The average Bonchev–Trinajstić information content (AvgIpc) is 2.75. The van der Waals surface area contributed by atoms with E-state index < -0.39 is 20.6 Å². The number of hydrogen-bond acceptors (Lipinski definition) is 7. The molecule has 160 valence electrons. The van der Waals surface area contributed by atoms with Gasteiger partial charge in [-0.1, -0.05) is 28.1 Å². The van der Waals surface area contributed by atoms with Gasteiger partial charge in [0.05, 0.1) is 23.1 Å². The molecule has 0 saturated carbocycles. The molecule has 0 unspecified atom stereocenters. The SMILES string of the molecule is COc1ccc(NS(=O)(=O)c2ccc(N/N=C/c3ccc(Br)cc3)c([N+](=O)[O-])c2)cc1. The van der Waals surface area contributed by atoms with Crippen LogP contribution in [0.5, 0.6) is 5.75 Å². The molecule has 31 heavy (non-hydrogen) atoms. The van der Waals surface area contributed by atoms with Crippen LogP contribution in [-0.2, 0) is 10.0 Å². The molecule has 3 aromatic carbocycles. The number of methoxy groups -OCH3 is 1. The second-order valence-electron chi connectivity index (χ2n) is 6.19. The minimum Gasteiger partial charge on any atom is -0.497 e. The van der Waals surface area contributed by atoms with Gasteiger partial charge in [-0.05, 0) is 54.1 Å². The van der Waals surface area contributed by atoms with E-state index in [-0.39, 0.29) is 10.6 Å². The molecule has 11 heteroatoms. The summed E-state index contributed by atoms with van der Waals surface area (Å²) in [6.07, 6.45) is 1.49. The lowest BCUT2D eigenvalue weighted by Crippen LogP contribution is -2.13. The molecule has 0 spiro atoms. The number of ether oxygens (including phenoxy) is 1. The Kier molecular flexibility index (Phi) is 6.88. The van der Waals surface area contributed by atoms with Crippen molar-refractivity contribution < 1.29 is 18.1 Å². The van der Waals surface area contributed by atoms with Gasteiger partial charge in [0.1, 0.15) is 11.4 Å². The summed E-state index contributed by atoms with van der Waals surface area (Å²) in [5.41, 5.74) is 3.29. The molecular weight excluding hydrogens is 488 g/mol. The molecule has 0 radical (unpaired) electrons. The summed E-state index contributed by atoms with van der Waals surface area (Å²) in [5.74, 6) is 0.567. The molecule has 0 aliphatic carbocycles. The maximum absolute atomic E-state index is 12.6. The van der Waals surface area contributed by atoms with E-state index in [1.54, 1.807) is 12.1 Å². The first-order chi connectivity index (χ1) is 14.8. The number of nitro groups is 1. The predicted octanol–water partition coefficient (Wildman–Crippen LogP) is 4.61. The highest BCUT2D eigenvalue weighted by atomic mass is 79.9. The number of sulfonamides is 1. The van der Waals surface area contributed by atoms with Crippen LogP contribution < -0.4 is 14.9 Å². The third-order valence-corrected chi connectivity index (χ3v) is 5.99. The smallest absolute Gasteiger partial charge is 0.295 e. The zero-order valence-corrected chi connectivity index (χ0v) is 18.6. The number of halogens is 1. The highest BCUT2D eigenvalue weighted by molar-refractivity contribution is 9.10. The van der Waals surface area contributed by atoms with Gasteiger partial charge in [-0.3, -0.25) is 20.3 Å². The monoisotopic (exact) mass is 504 g/mol. The lowest BCUT2D eigenvalue weighted by Gasteiger charge is -2.10. The zero-order valence-electron chi connectivity index (χ0n) is 16.2. The Labute approximate surface area is 187 Å². The molecule has 0 aliphatic rings. The minimum atomic E-state index is -4.04. The van der Waals surface area contributed by atoms with Gasteiger partial charge < -0.3 is 4.74 Å². The Morgan fingerprint density at radius 1 is 1.06 bits per heavy atom. The van der Waals surface area contributed by atoms with E-state index in [2.05, 4.69) is 31.2 Å². The van der Waals surface area contributed by atoms with Crippen LogP contribution in [0.3, 0.4) is 0 Å². The summed E-state index contributed by atoms with van der Waals surface area (Å²) in [6, 6.07) is 17.1. The summed E-state index contributed by atoms with van der Waals surface area (Å²) in [6.45, 7) is 0. The first kappa shape index (κ1) is 22.2. The number of rotatable bonds is 8. The molecule has 2 N–H and O–H groups in total. The first-order valence-corrected chi connectivity index (χ1v) is 11.1. The number of nitrogens with one attached hydrogen (secondary N) is 2. The van der Waals surface area contributed by atoms with Crippen LogP contribution in [0.1, 0.15) is 5.56 Å². The Bertz CT molecular complexity index is 1210. The van der Waals surface area contributed by atoms with Crippen LogP contribution in [0.2, 0.25) is 0 Å². The number of nitrogens with zero attached hydrogens (tertiary/aromatic N) is 2. The van der Waals surface area contributed by atoms with E-state index in [1.165, 1.54) is 37.6 Å². The number of hydrogen-bond donors (Lipinski definition) is 2. The van der Waals surface area contributed by atoms with Gasteiger partial charge in [0.25, 0.3) is 15.7 Å². The second-order valence-corrected chi connectivity index (χ2v) is 8.79. The molecule has 0 aromatic heterocycles. The number of hydrazone groups is 1. The quantitative estimate of drug-likeness (QED) is 0.262. The van der Waals surface area contributed by atoms with Crippen molar-refractivity contribution in [1.82, 2.24) is 0 Å². The zero-order chi connectivity index (χ0) is 22.4. The van der Waals surface area contributed by atoms with Crippen LogP contribution in [0.4, 0.5) is 17.1 Å². The lowest BCUT2D eigenvalue weighted by atomic mass is 10.2. The molecule has 0 fully saturated rings. The number of benzene rings is 3. The van der Waals surface area contributed by atoms with Crippen molar-refractivity contribution in [3.8, 4) is 5.75 Å². The molecule has 0 atom stereocenters. The summed E-state index contributed by atoms with van der Waals surface area (Å²) in [5, 5.41) is 15.5. The second kappa shape index (κ2) is 9.58. The molecular formula is C20H17BrN4O5S. The topological polar surface area (TPSA) is 123 Å². The maximum atomic E-state index is 12.6. The van der Waals surface area contributed by atoms with Crippen molar-refractivity contribution in [3.63, 3.8) is 0 Å². The van der Waals surface area contributed by atoms with Crippen molar-refractivity contribution in [3.05, 3.63) is 86.9 Å². The summed E-state index contributed by atoms with van der Waals surface area (Å²) >= 11 is 3.33. The van der Waals surface area contributed by atoms with E-state index in [0.717, 1.165) is 16.1 Å². The molecule has 9 nitrogen and oxygen atoms in total. The largest absolute Gasteiger partial charge is 0.497 e. The van der Waals surface area contributed by atoms with Gasteiger partial charge in [-0.15, -0.1) is 0 Å². The normalized spacial score (nSPS) is 11.3. The van der Waals surface area contributed by atoms with Gasteiger partial charge in [0.2, 0.25) is 0 Å². The fraction of sp³-hybridized carbons (Fsp3) is 0.0500. The third kappa shape index (κ3) is 5.80. The van der Waals surface area contributed by atoms with Crippen LogP contribution >= 0.6 is 15.9 Å². The predicted molar refractivity (Wildman–Crippen MR) is 122 cm³/mol. The minimum absolute atomic E-state index is 0.0572. The molecule has 0 bridgehead atoms. The maximum Gasteiger partial charge on any atom is 0.295 e. The van der Waals surface area contributed by atoms with Crippen molar-refractivity contribution in [2.24, 2.45) is 5.10 Å². The van der Waals surface area contributed by atoms with Crippen molar-refractivity contribution >= 4 is 49.2 Å². The van der Waals surface area contributed by atoms with Gasteiger partial charge in [-0.25, -0.2) is 8.42 Å². The molecule has 3 rings (SSSR count). The van der Waals surface area contributed by atoms with E-state index in [0.29, 0.717) is 11.4 Å². The summed E-state index contributed by atoms with van der Waals surface area (Å²) < 4.78 is 33.6. The van der Waals surface area contributed by atoms with Gasteiger partial charge >= 0.3 is 0 Å². The highest BCUT2D eigenvalue weighted by Crippen LogP contribution is 2.29. The molecule has 3 aromatic rings. The number of nitro benzene ring substituents is 1. The van der Waals surface area contributed by atoms with Crippen LogP contribution in [0.15, 0.2) is 81.2 Å². The highest BCUT2D eigenvalue weighted by Gasteiger charge is 2.21. The van der Waals surface area contributed by atoms with E-state index in [1.807, 2.05) is 24.3 Å². The fourth-order valence-electron chi connectivity index (χ4n) is 2.52. The Morgan fingerprint density at radius 2 is 1.74 bits per heavy atom. The van der Waals surface area contributed by atoms with Crippen LogP contribution in [-0.4, -0.2) is 26.7 Å². The van der Waals surface area contributed by atoms with Crippen LogP contribution in [0.25, 0.3) is 0 Å². The molecule has 0 saturated heterocycles. The van der Waals surface area contributed by atoms with Crippen molar-refractivity contribution in [1.29, 1.82) is 0 Å². The lowest BCUT2D eigenvalue weighted by molar-refractivity contribution is -0.384. The van der Waals surface area contributed by atoms with Gasteiger partial charge in [0, 0.05) is 16.2 Å². The Balaban J connectivity index is 1.81. The molecule has 0 heterocycles. The average molecular weight is 505 g/mol. The molecule has 0 aliphatic heterocycles. The van der Waals surface area contributed by atoms with Gasteiger partial charge in [0.15, 0.2) is 0 Å². The first-order valence-electron chi connectivity index (χ1n) is 8.78. The number of anilines is 2. The van der Waals surface area contributed by atoms with Crippen molar-refractivity contribution in [2.45, 2.75) is 4.90 Å². The standard InChI is InChI=1S/C20H17BrN4O5S/c1-30-17-8-6-16(7-9-17)24-31(28,29)18-10-11-19(20(12-18)25(26)27)23-22-13-14-2-4-15(21)5-3-14/h2-13,23-24H,1H3/b22-13+. The van der Waals surface area contributed by atoms with E-state index >= 15 is 0 Å². The summed E-state index contributed by atoms with van der Waals surface area (Å²) in [4.78, 5) is 10.6. The van der Waals surface area contributed by atoms with Crippen LogP contribution in [0, 0.1) is 10.1 Å². The van der Waals surface area contributed by atoms with Crippen molar-refractivity contribution in [2.75, 3.05) is 17.3 Å². The Morgan fingerprint density at radius 3 is 2.35 bits per heavy atom. The van der Waals surface area contributed by atoms with E-state index in [9.17, 15) is 18.5 Å².